The maximum absolute atomic E-state index is 9.85. The average molecular weight is 230 g/mol. The maximum Gasteiger partial charge on any atom is 0.0791 e. The van der Waals surface area contributed by atoms with Crippen molar-refractivity contribution < 1.29 is 5.11 Å². The number of likely N-dealkylation sites (N-methyl/N-ethyl adjacent to an activating group) is 1. The minimum absolute atomic E-state index is 0.261. The van der Waals surface area contributed by atoms with Crippen LogP contribution in [0.1, 0.15) is 40.5 Å². The molecule has 2 atom stereocenters. The van der Waals surface area contributed by atoms with Crippen LogP contribution >= 0.6 is 0 Å². The van der Waals surface area contributed by atoms with Crippen LogP contribution in [-0.4, -0.2) is 48.8 Å². The van der Waals surface area contributed by atoms with Gasteiger partial charge in [0.2, 0.25) is 0 Å². The van der Waals surface area contributed by atoms with Gasteiger partial charge in [-0.15, -0.1) is 0 Å². The second-order valence-corrected chi connectivity index (χ2v) is 5.28. The Hall–Kier alpha value is -0.120. The summed E-state index contributed by atoms with van der Waals surface area (Å²) in [5.74, 6) is 0.643. The maximum atomic E-state index is 9.85. The molecule has 0 bridgehead atoms. The summed E-state index contributed by atoms with van der Waals surface area (Å²) in [4.78, 5) is 2.24. The van der Waals surface area contributed by atoms with E-state index in [-0.39, 0.29) is 6.10 Å². The highest BCUT2D eigenvalue weighted by Gasteiger charge is 2.12. The zero-order chi connectivity index (χ0) is 12.6. The minimum Gasteiger partial charge on any atom is -0.390 e. The Labute approximate surface area is 101 Å². The van der Waals surface area contributed by atoms with Crippen molar-refractivity contribution in [1.29, 1.82) is 0 Å². The molecular weight excluding hydrogens is 200 g/mol. The lowest BCUT2D eigenvalue weighted by molar-refractivity contribution is 0.104. The molecule has 0 aliphatic heterocycles. The van der Waals surface area contributed by atoms with Crippen LogP contribution in [0, 0.1) is 5.92 Å². The van der Waals surface area contributed by atoms with Crippen LogP contribution in [0.2, 0.25) is 0 Å². The number of nitrogens with zero attached hydrogens (tertiary/aromatic N) is 1. The first-order valence-electron chi connectivity index (χ1n) is 6.56. The summed E-state index contributed by atoms with van der Waals surface area (Å²) in [7, 11) is 2.09. The number of rotatable bonds is 9. The molecule has 0 amide bonds. The first-order chi connectivity index (χ1) is 7.47. The fourth-order valence-corrected chi connectivity index (χ4v) is 1.75. The molecule has 0 spiro atoms. The van der Waals surface area contributed by atoms with Gasteiger partial charge in [0.15, 0.2) is 0 Å². The van der Waals surface area contributed by atoms with E-state index in [2.05, 4.69) is 45.0 Å². The second kappa shape index (κ2) is 8.97. The van der Waals surface area contributed by atoms with E-state index in [9.17, 15) is 5.11 Å². The van der Waals surface area contributed by atoms with Crippen molar-refractivity contribution in [2.45, 2.75) is 52.7 Å². The molecule has 16 heavy (non-hydrogen) atoms. The van der Waals surface area contributed by atoms with E-state index in [1.807, 2.05) is 0 Å². The molecule has 0 aromatic carbocycles. The lowest BCUT2D eigenvalue weighted by Gasteiger charge is -2.27. The molecule has 3 nitrogen and oxygen atoms in total. The molecule has 3 heteroatoms. The Balaban J connectivity index is 3.64. The standard InChI is InChI=1S/C13H30N2O/c1-6-7-12(4)15(5)10-13(16)9-14-8-11(2)3/h11-14,16H,6-10H2,1-5H3. The van der Waals surface area contributed by atoms with Crippen LogP contribution in [0.3, 0.4) is 0 Å². The highest BCUT2D eigenvalue weighted by atomic mass is 16.3. The molecule has 0 saturated carbocycles. The molecule has 0 fully saturated rings. The van der Waals surface area contributed by atoms with Crippen molar-refractivity contribution in [3.05, 3.63) is 0 Å². The molecule has 0 aliphatic carbocycles. The van der Waals surface area contributed by atoms with Gasteiger partial charge in [-0.05, 0) is 32.9 Å². The Morgan fingerprint density at radius 2 is 1.81 bits per heavy atom. The highest BCUT2D eigenvalue weighted by molar-refractivity contribution is 4.69. The van der Waals surface area contributed by atoms with Gasteiger partial charge in [-0.1, -0.05) is 27.2 Å². The minimum atomic E-state index is -0.261. The largest absolute Gasteiger partial charge is 0.390 e. The van der Waals surface area contributed by atoms with Gasteiger partial charge >= 0.3 is 0 Å². The van der Waals surface area contributed by atoms with Crippen LogP contribution in [0.5, 0.6) is 0 Å². The smallest absolute Gasteiger partial charge is 0.0791 e. The Morgan fingerprint density at radius 1 is 1.19 bits per heavy atom. The van der Waals surface area contributed by atoms with Gasteiger partial charge in [0.1, 0.15) is 0 Å². The molecule has 0 saturated heterocycles. The lowest BCUT2D eigenvalue weighted by atomic mass is 10.1. The predicted molar refractivity (Wildman–Crippen MR) is 70.7 cm³/mol. The molecule has 2 N–H and O–H groups in total. The molecular formula is C13H30N2O. The number of hydrogen-bond donors (Lipinski definition) is 2. The molecule has 0 aromatic heterocycles. The molecule has 0 aliphatic rings. The van der Waals surface area contributed by atoms with E-state index in [1.165, 1.54) is 12.8 Å². The molecule has 0 radical (unpaired) electrons. The summed E-state index contributed by atoms with van der Waals surface area (Å²) in [6, 6.07) is 0.560. The van der Waals surface area contributed by atoms with Gasteiger partial charge in [0.25, 0.3) is 0 Å². The Kier molecular flexibility index (Phi) is 8.90. The first-order valence-corrected chi connectivity index (χ1v) is 6.56. The molecule has 2 unspecified atom stereocenters. The van der Waals surface area contributed by atoms with Gasteiger partial charge in [-0.25, -0.2) is 0 Å². The third-order valence-corrected chi connectivity index (χ3v) is 2.89. The monoisotopic (exact) mass is 230 g/mol. The van der Waals surface area contributed by atoms with Crippen molar-refractivity contribution in [3.8, 4) is 0 Å². The van der Waals surface area contributed by atoms with E-state index in [1.54, 1.807) is 0 Å². The van der Waals surface area contributed by atoms with Crippen molar-refractivity contribution in [2.24, 2.45) is 5.92 Å². The third kappa shape index (κ3) is 8.08. The first kappa shape index (κ1) is 15.9. The summed E-state index contributed by atoms with van der Waals surface area (Å²) in [6.07, 6.45) is 2.14. The Bertz CT molecular complexity index is 162. The van der Waals surface area contributed by atoms with Crippen LogP contribution in [0.15, 0.2) is 0 Å². The van der Waals surface area contributed by atoms with E-state index in [4.69, 9.17) is 0 Å². The second-order valence-electron chi connectivity index (χ2n) is 5.28. The number of hydrogen-bond acceptors (Lipinski definition) is 3. The van der Waals surface area contributed by atoms with Gasteiger partial charge in [0.05, 0.1) is 6.10 Å². The van der Waals surface area contributed by atoms with Gasteiger partial charge in [-0.2, -0.15) is 0 Å². The van der Waals surface area contributed by atoms with Gasteiger partial charge in [-0.3, -0.25) is 0 Å². The average Bonchev–Trinajstić information content (AvgIpc) is 2.17. The van der Waals surface area contributed by atoms with Crippen molar-refractivity contribution in [2.75, 3.05) is 26.7 Å². The third-order valence-electron chi connectivity index (χ3n) is 2.89. The topological polar surface area (TPSA) is 35.5 Å². The fourth-order valence-electron chi connectivity index (χ4n) is 1.75. The quantitative estimate of drug-likeness (QED) is 0.633. The molecule has 0 rings (SSSR count). The van der Waals surface area contributed by atoms with Crippen LogP contribution in [0.4, 0.5) is 0 Å². The van der Waals surface area contributed by atoms with Crippen molar-refractivity contribution in [1.82, 2.24) is 10.2 Å². The van der Waals surface area contributed by atoms with Crippen molar-refractivity contribution in [3.63, 3.8) is 0 Å². The van der Waals surface area contributed by atoms with Gasteiger partial charge < -0.3 is 15.3 Å². The Morgan fingerprint density at radius 3 is 2.31 bits per heavy atom. The van der Waals surface area contributed by atoms with Crippen molar-refractivity contribution >= 4 is 0 Å². The fraction of sp³-hybridized carbons (Fsp3) is 1.00. The summed E-state index contributed by atoms with van der Waals surface area (Å²) >= 11 is 0. The zero-order valence-electron chi connectivity index (χ0n) is 11.7. The summed E-state index contributed by atoms with van der Waals surface area (Å²) in [5, 5.41) is 13.1. The van der Waals surface area contributed by atoms with Crippen LogP contribution in [-0.2, 0) is 0 Å². The number of nitrogens with one attached hydrogen (secondary N) is 1. The van der Waals surface area contributed by atoms with E-state index >= 15 is 0 Å². The van der Waals surface area contributed by atoms with E-state index in [0.717, 1.165) is 13.1 Å². The number of aliphatic hydroxyl groups excluding tert-OH is 1. The summed E-state index contributed by atoms with van der Waals surface area (Å²) in [6.45, 7) is 11.2. The lowest BCUT2D eigenvalue weighted by Crippen LogP contribution is -2.40. The highest BCUT2D eigenvalue weighted by Crippen LogP contribution is 2.04. The van der Waals surface area contributed by atoms with E-state index in [0.29, 0.717) is 18.5 Å². The predicted octanol–water partition coefficient (Wildman–Crippen LogP) is 1.71. The molecule has 98 valence electrons. The molecule has 0 heterocycles. The number of aliphatic hydroxyl groups is 1. The van der Waals surface area contributed by atoms with E-state index < -0.39 is 0 Å². The van der Waals surface area contributed by atoms with Gasteiger partial charge in [0, 0.05) is 19.1 Å². The van der Waals surface area contributed by atoms with Crippen LogP contribution < -0.4 is 5.32 Å². The van der Waals surface area contributed by atoms with Crippen LogP contribution in [0.25, 0.3) is 0 Å². The summed E-state index contributed by atoms with van der Waals surface area (Å²) in [5.41, 5.74) is 0. The SMILES string of the molecule is CCCC(C)N(C)CC(O)CNCC(C)C. The zero-order valence-corrected chi connectivity index (χ0v) is 11.7. The summed E-state index contributed by atoms with van der Waals surface area (Å²) < 4.78 is 0. The normalized spacial score (nSPS) is 15.8. The molecule has 0 aromatic rings.